The van der Waals surface area contributed by atoms with Crippen molar-refractivity contribution in [1.82, 2.24) is 4.90 Å². The zero-order valence-corrected chi connectivity index (χ0v) is 45.1. The monoisotopic (exact) mass is 901 g/mol. The molecule has 6 heteroatoms. The molecule has 0 saturated carbocycles. The van der Waals surface area contributed by atoms with Crippen molar-refractivity contribution in [3.8, 4) is 0 Å². The van der Waals surface area contributed by atoms with Crippen LogP contribution < -0.4 is 4.90 Å². The van der Waals surface area contributed by atoms with E-state index in [-0.39, 0.29) is 0 Å². The van der Waals surface area contributed by atoms with Crippen LogP contribution in [0.4, 0.5) is 5.69 Å². The third kappa shape index (κ3) is 48.0. The first-order valence-corrected chi connectivity index (χ1v) is 27.2. The second-order valence-electron chi connectivity index (χ2n) is 17.2. The molecule has 6 nitrogen and oxygen atoms in total. The summed E-state index contributed by atoms with van der Waals surface area (Å²) in [7, 11) is 0. The van der Waals surface area contributed by atoms with Crippen molar-refractivity contribution in [2.24, 2.45) is 5.92 Å². The molecule has 0 aliphatic carbocycles. The number of hydrogen-bond donors (Lipinski definition) is 0. The lowest BCUT2D eigenvalue weighted by Gasteiger charge is -2.23. The molecule has 0 bridgehead atoms. The van der Waals surface area contributed by atoms with Gasteiger partial charge in [-0.3, -0.25) is 0 Å². The molecule has 0 aromatic heterocycles. The Morgan fingerprint density at radius 1 is 0.469 bits per heavy atom. The molecule has 64 heavy (non-hydrogen) atoms. The van der Waals surface area contributed by atoms with Crippen molar-refractivity contribution in [3.63, 3.8) is 0 Å². The van der Waals surface area contributed by atoms with Crippen LogP contribution in [-0.2, 0) is 31.8 Å². The highest BCUT2D eigenvalue weighted by atomic mass is 16.6. The number of para-hydroxylation sites is 1. The van der Waals surface area contributed by atoms with Crippen molar-refractivity contribution in [1.29, 1.82) is 0 Å². The summed E-state index contributed by atoms with van der Waals surface area (Å²) in [6.45, 7) is 38.2. The Morgan fingerprint density at radius 3 is 1.30 bits per heavy atom. The third-order valence-corrected chi connectivity index (χ3v) is 10.9. The van der Waals surface area contributed by atoms with Crippen LogP contribution in [0, 0.1) is 5.92 Å². The molecular weight excluding hydrogens is 789 g/mol. The SMILES string of the molecule is CCCCCC.CCCCCCCC.CCCC[C@H](C)CN1CCCC1.CCCN(CCC)c1ccccc1.CCCc1ccccc1CC.CCOCCOCCOCCOCC. The predicted octanol–water partition coefficient (Wildman–Crippen LogP) is 16.5. The molecule has 0 radical (unpaired) electrons. The Kier molecular flexibility index (Phi) is 59.2. The van der Waals surface area contributed by atoms with Gasteiger partial charge in [0.15, 0.2) is 0 Å². The van der Waals surface area contributed by atoms with Gasteiger partial charge in [-0.25, -0.2) is 0 Å². The number of nitrogens with zero attached hydrogens (tertiary/aromatic N) is 2. The Morgan fingerprint density at radius 2 is 0.891 bits per heavy atom. The number of hydrogen-bond acceptors (Lipinski definition) is 6. The van der Waals surface area contributed by atoms with Gasteiger partial charge < -0.3 is 28.7 Å². The van der Waals surface area contributed by atoms with E-state index in [0.29, 0.717) is 39.6 Å². The van der Waals surface area contributed by atoms with Crippen LogP contribution in [0.3, 0.4) is 0 Å². The number of rotatable bonds is 32. The maximum Gasteiger partial charge on any atom is 0.0701 e. The van der Waals surface area contributed by atoms with Crippen molar-refractivity contribution in [2.75, 3.05) is 90.5 Å². The second-order valence-corrected chi connectivity index (χ2v) is 17.2. The van der Waals surface area contributed by atoms with E-state index in [1.165, 1.54) is 158 Å². The Balaban J connectivity index is -0.000000710. The number of anilines is 1. The highest BCUT2D eigenvalue weighted by Gasteiger charge is 2.13. The number of likely N-dealkylation sites (tertiary alicyclic amines) is 1. The predicted molar refractivity (Wildman–Crippen MR) is 287 cm³/mol. The lowest BCUT2D eigenvalue weighted by molar-refractivity contribution is 0.000930. The molecule has 0 N–H and O–H groups in total. The van der Waals surface area contributed by atoms with Gasteiger partial charge in [0.25, 0.3) is 0 Å². The zero-order valence-electron chi connectivity index (χ0n) is 45.1. The largest absolute Gasteiger partial charge is 0.379 e. The zero-order chi connectivity index (χ0) is 48.0. The summed E-state index contributed by atoms with van der Waals surface area (Å²) in [6, 6.07) is 19.4. The quantitative estimate of drug-likeness (QED) is 0.0682. The average Bonchev–Trinajstić information content (AvgIpc) is 3.84. The fourth-order valence-corrected chi connectivity index (χ4v) is 7.21. The first kappa shape index (κ1) is 66.3. The molecule has 1 heterocycles. The van der Waals surface area contributed by atoms with Crippen LogP contribution in [0.1, 0.15) is 210 Å². The van der Waals surface area contributed by atoms with Gasteiger partial charge in [0.1, 0.15) is 0 Å². The Labute approximate surface area is 401 Å². The molecule has 2 aromatic carbocycles. The molecule has 1 aliphatic heterocycles. The van der Waals surface area contributed by atoms with Crippen molar-refractivity contribution >= 4 is 5.69 Å². The topological polar surface area (TPSA) is 43.4 Å². The number of ether oxygens (including phenoxy) is 4. The van der Waals surface area contributed by atoms with E-state index >= 15 is 0 Å². The van der Waals surface area contributed by atoms with Crippen molar-refractivity contribution in [3.05, 3.63) is 65.7 Å². The van der Waals surface area contributed by atoms with Crippen LogP contribution in [0.15, 0.2) is 54.6 Å². The number of unbranched alkanes of at least 4 members (excludes halogenated alkanes) is 9. The molecule has 0 spiro atoms. The standard InChI is InChI=1S/C12H19N.C11H23N.C11H16.C10H22O4.C8H18.C6H14/c1-3-10-13(11-4-2)12-8-6-5-7-9-12;1-3-4-7-11(2)10-12-8-5-6-9-12;1-3-7-11-9-6-5-8-10(11)4-2;1-3-11-5-7-13-9-10-14-8-6-12-4-2;1-3-5-7-8-6-4-2;1-3-5-6-4-2/h5-9H,3-4,10-11H2,1-2H3;11H,3-10H2,1-2H3;5-6,8-9H,3-4,7H2,1-2H3;3-10H2,1-2H3;3-8H2,1-2H3;3-6H2,1-2H3/t;11-;;;;/m.0..../s1. The number of aryl methyl sites for hydroxylation is 2. The Bertz CT molecular complexity index is 1070. The molecule has 3 rings (SSSR count). The van der Waals surface area contributed by atoms with Gasteiger partial charge in [0, 0.05) is 38.5 Å². The van der Waals surface area contributed by atoms with E-state index < -0.39 is 0 Å². The molecule has 2 aromatic rings. The molecule has 1 fully saturated rings. The van der Waals surface area contributed by atoms with Crippen LogP contribution in [0.2, 0.25) is 0 Å². The summed E-state index contributed by atoms with van der Waals surface area (Å²) >= 11 is 0. The summed E-state index contributed by atoms with van der Waals surface area (Å²) in [4.78, 5) is 5.07. The van der Waals surface area contributed by atoms with Gasteiger partial charge in [-0.15, -0.1) is 0 Å². The lowest BCUT2D eigenvalue weighted by atomic mass is 10.0. The van der Waals surface area contributed by atoms with Gasteiger partial charge in [0.2, 0.25) is 0 Å². The molecule has 1 saturated heterocycles. The maximum absolute atomic E-state index is 5.25. The summed E-state index contributed by atoms with van der Waals surface area (Å²) in [6.07, 6.45) is 27.1. The lowest BCUT2D eigenvalue weighted by Crippen LogP contribution is -2.25. The van der Waals surface area contributed by atoms with Gasteiger partial charge in [-0.1, -0.05) is 195 Å². The van der Waals surface area contributed by atoms with Crippen molar-refractivity contribution in [2.45, 2.75) is 212 Å². The van der Waals surface area contributed by atoms with E-state index in [1.807, 2.05) is 13.8 Å². The molecule has 378 valence electrons. The minimum atomic E-state index is 0.624. The van der Waals surface area contributed by atoms with E-state index in [9.17, 15) is 0 Å². The maximum atomic E-state index is 5.25. The molecule has 0 amide bonds. The number of benzene rings is 2. The van der Waals surface area contributed by atoms with E-state index in [4.69, 9.17) is 18.9 Å². The van der Waals surface area contributed by atoms with E-state index in [1.54, 1.807) is 0 Å². The van der Waals surface area contributed by atoms with E-state index in [0.717, 1.165) is 38.6 Å². The minimum Gasteiger partial charge on any atom is -0.379 e. The summed E-state index contributed by atoms with van der Waals surface area (Å²) in [5, 5.41) is 0. The molecule has 1 atom stereocenters. The fraction of sp³-hybridized carbons (Fsp3) is 0.793. The van der Waals surface area contributed by atoms with Crippen LogP contribution in [-0.4, -0.2) is 90.5 Å². The average molecular weight is 902 g/mol. The normalized spacial score (nSPS) is 12.2. The minimum absolute atomic E-state index is 0.624. The van der Waals surface area contributed by atoms with Crippen LogP contribution >= 0.6 is 0 Å². The summed E-state index contributed by atoms with van der Waals surface area (Å²) < 4.78 is 20.7. The molecule has 0 unspecified atom stereocenters. The highest BCUT2D eigenvalue weighted by Crippen LogP contribution is 2.15. The van der Waals surface area contributed by atoms with Crippen molar-refractivity contribution < 1.29 is 18.9 Å². The highest BCUT2D eigenvalue weighted by molar-refractivity contribution is 5.45. The third-order valence-electron chi connectivity index (χ3n) is 10.9. The summed E-state index contributed by atoms with van der Waals surface area (Å²) in [5.74, 6) is 0.919. The van der Waals surface area contributed by atoms with Gasteiger partial charge in [0.05, 0.1) is 39.6 Å². The Hall–Kier alpha value is -1.96. The van der Waals surface area contributed by atoms with Gasteiger partial charge in [-0.2, -0.15) is 0 Å². The smallest absolute Gasteiger partial charge is 0.0701 e. The van der Waals surface area contributed by atoms with Gasteiger partial charge >= 0.3 is 0 Å². The molecule has 1 aliphatic rings. The molecular formula is C58H112N2O4. The van der Waals surface area contributed by atoms with Crippen LogP contribution in [0.5, 0.6) is 0 Å². The van der Waals surface area contributed by atoms with E-state index in [2.05, 4.69) is 134 Å². The van der Waals surface area contributed by atoms with Gasteiger partial charge in [-0.05, 0) is 101 Å². The van der Waals surface area contributed by atoms with Crippen LogP contribution in [0.25, 0.3) is 0 Å². The second kappa shape index (κ2) is 57.2. The fourth-order valence-electron chi connectivity index (χ4n) is 7.21. The first-order chi connectivity index (χ1) is 31.3. The first-order valence-electron chi connectivity index (χ1n) is 27.2. The summed E-state index contributed by atoms with van der Waals surface area (Å²) in [5.41, 5.74) is 4.39.